The Morgan fingerprint density at radius 2 is 0.835 bits per heavy atom. The van der Waals surface area contributed by atoms with Gasteiger partial charge in [-0.05, 0) is 267 Å². The summed E-state index contributed by atoms with van der Waals surface area (Å²) < 4.78 is 10.1. The zero-order chi connectivity index (χ0) is 76.3. The Labute approximate surface area is 639 Å². The second kappa shape index (κ2) is 40.5. The van der Waals surface area contributed by atoms with E-state index in [1.807, 2.05) is 125 Å². The molecule has 4 aliphatic carbocycles. The molecule has 2 amide bonds. The number of nitrogens with zero attached hydrogens (tertiary/aromatic N) is 4. The number of rotatable bonds is 34. The summed E-state index contributed by atoms with van der Waals surface area (Å²) in [6.45, 7) is 12.4. The fourth-order valence-electron chi connectivity index (χ4n) is 13.4. The number of unbranched alkanes of at least 4 members (excludes halogenated alkanes) is 1. The number of benzene rings is 4. The molecule has 4 aliphatic rings. The summed E-state index contributed by atoms with van der Waals surface area (Å²) in [4.78, 5) is 108. The number of hydrogen-bond acceptors (Lipinski definition) is 20. The van der Waals surface area contributed by atoms with Crippen LogP contribution in [-0.2, 0) is 51.4 Å². The summed E-state index contributed by atoms with van der Waals surface area (Å²) in [5, 5.41) is 48.5. The number of esters is 2. The standard InChI is InChI=1S/C43H50N4O6.C40H42N4O6.C2H7NO.2CH4/c1-4-53-43(52)40(25-49)46-24-32-23-44-38(20-36(32)29-16-17-29)41(50)19-30-10-7-11-33(26(30)2)34-12-8-13-37(27(34)3)47-42(51)39-21-35(28-14-15-28)31(22-45-39)9-5-6-18-48;1-4-50-40(49)37(22-46)43-19-28-18-41-35(16-32(28)25-11-12-25)38(47)15-27-7-5-8-30(23(27)2)31-9-6-10-34(24(31)3)44-39(48)36-17-33(26-13-14-26)29(21-45)20-42-36;3-1-2-4;;/h7-8,10-13,20-23,28-29,40,46,48-49H,4-6,9,14-19,24-25H2,1-3H3,(H,47,51);5-10,16-18,20-21,25-26,37,43,46H,4,11-15,19,22H2,1-3H3,(H,44,48);4H,1-3H2;2*1H4/t40-;37-;;;/m11.../s1. The smallest absolute Gasteiger partial charge is 0.325 e. The first kappa shape index (κ1) is 84.7. The van der Waals surface area contributed by atoms with Crippen LogP contribution in [-0.4, -0.2) is 140 Å². The van der Waals surface area contributed by atoms with Gasteiger partial charge in [0.15, 0.2) is 17.9 Å². The highest BCUT2D eigenvalue weighted by molar-refractivity contribution is 6.05. The van der Waals surface area contributed by atoms with E-state index in [9.17, 15) is 48.9 Å². The van der Waals surface area contributed by atoms with Crippen molar-refractivity contribution < 1.29 is 63.5 Å². The molecule has 0 radical (unpaired) electrons. The number of aliphatic hydroxyl groups excluding tert-OH is 4. The van der Waals surface area contributed by atoms with Gasteiger partial charge < -0.3 is 46.3 Å². The van der Waals surface area contributed by atoms with E-state index in [1.165, 1.54) is 11.8 Å². The van der Waals surface area contributed by atoms with Gasteiger partial charge in [0.1, 0.15) is 34.9 Å². The summed E-state index contributed by atoms with van der Waals surface area (Å²) in [6, 6.07) is 29.2. The van der Waals surface area contributed by atoms with Crippen molar-refractivity contribution in [2.24, 2.45) is 5.73 Å². The molecule has 4 heterocycles. The number of nitrogens with one attached hydrogen (secondary N) is 4. The van der Waals surface area contributed by atoms with Gasteiger partial charge in [-0.25, -0.2) is 0 Å². The van der Waals surface area contributed by atoms with E-state index >= 15 is 0 Å². The van der Waals surface area contributed by atoms with Crippen LogP contribution in [0.2, 0.25) is 0 Å². The van der Waals surface area contributed by atoms with Gasteiger partial charge in [0.05, 0.1) is 33.0 Å². The Hall–Kier alpha value is -9.91. The number of anilines is 2. The number of aromatic nitrogens is 4. The Balaban J connectivity index is 0.000000257. The quantitative estimate of drug-likeness (QED) is 0.00783. The van der Waals surface area contributed by atoms with Crippen LogP contribution >= 0.6 is 0 Å². The number of hydrogen-bond donors (Lipinski definition) is 9. The normalized spacial score (nSPS) is 14.0. The number of nitrogens with two attached hydrogens (primary N) is 1. The molecule has 4 saturated carbocycles. The molecule has 22 heteroatoms. The first-order valence-corrected chi connectivity index (χ1v) is 37.3. The largest absolute Gasteiger partial charge is 0.465 e. The number of carbonyl (C=O) groups excluding carboxylic acids is 7. The topological polar surface area (TPSA) is 345 Å². The van der Waals surface area contributed by atoms with Crippen LogP contribution in [0.4, 0.5) is 11.4 Å². The number of aryl methyl sites for hydroxylation is 1. The highest BCUT2D eigenvalue weighted by Crippen LogP contribution is 2.45. The molecule has 4 fully saturated rings. The first-order valence-electron chi connectivity index (χ1n) is 37.3. The maximum Gasteiger partial charge on any atom is 0.325 e. The van der Waals surface area contributed by atoms with E-state index in [0.717, 1.165) is 166 Å². The van der Waals surface area contributed by atoms with Crippen molar-refractivity contribution in [2.45, 2.75) is 189 Å². The lowest BCUT2D eigenvalue weighted by atomic mass is 9.90. The van der Waals surface area contributed by atoms with E-state index in [0.29, 0.717) is 77.3 Å². The minimum atomic E-state index is -0.835. The van der Waals surface area contributed by atoms with E-state index in [1.54, 1.807) is 32.3 Å². The third-order valence-electron chi connectivity index (χ3n) is 20.2. The molecule has 12 rings (SSSR count). The second-order valence-electron chi connectivity index (χ2n) is 27.9. The summed E-state index contributed by atoms with van der Waals surface area (Å²) in [6.07, 6.45) is 18.7. The minimum absolute atomic E-state index is 0. The minimum Gasteiger partial charge on any atom is -0.465 e. The molecule has 10 N–H and O–H groups in total. The molecule has 4 aromatic carbocycles. The van der Waals surface area contributed by atoms with Gasteiger partial charge in [-0.15, -0.1) is 0 Å². The average Bonchev–Trinajstić information content (AvgIpc) is 1.70. The van der Waals surface area contributed by atoms with Crippen molar-refractivity contribution in [1.29, 1.82) is 0 Å². The highest BCUT2D eigenvalue weighted by atomic mass is 16.5. The molecule has 109 heavy (non-hydrogen) atoms. The predicted molar refractivity (Wildman–Crippen MR) is 423 cm³/mol. The van der Waals surface area contributed by atoms with Crippen LogP contribution in [0, 0.1) is 27.7 Å². The number of aliphatic hydroxyl groups is 4. The zero-order valence-electron chi connectivity index (χ0n) is 62.0. The van der Waals surface area contributed by atoms with Gasteiger partial charge in [-0.1, -0.05) is 75.5 Å². The fourth-order valence-corrected chi connectivity index (χ4v) is 13.4. The number of carbonyl (C=O) groups is 7. The van der Waals surface area contributed by atoms with E-state index in [-0.39, 0.29) is 96.4 Å². The van der Waals surface area contributed by atoms with Crippen molar-refractivity contribution in [3.05, 3.63) is 223 Å². The van der Waals surface area contributed by atoms with Crippen molar-refractivity contribution >= 4 is 53.0 Å². The molecule has 0 aliphatic heterocycles. The maximum absolute atomic E-state index is 13.7. The summed E-state index contributed by atoms with van der Waals surface area (Å²) in [5.74, 6) is -0.316. The van der Waals surface area contributed by atoms with Crippen LogP contribution in [0.3, 0.4) is 0 Å². The molecule has 4 aromatic heterocycles. The van der Waals surface area contributed by atoms with Crippen LogP contribution in [0.5, 0.6) is 0 Å². The summed E-state index contributed by atoms with van der Waals surface area (Å²) in [5.41, 5.74) is 24.6. The highest BCUT2D eigenvalue weighted by Gasteiger charge is 2.33. The van der Waals surface area contributed by atoms with Gasteiger partial charge in [0.25, 0.3) is 11.8 Å². The third-order valence-corrected chi connectivity index (χ3v) is 20.2. The van der Waals surface area contributed by atoms with Gasteiger partial charge >= 0.3 is 11.9 Å². The van der Waals surface area contributed by atoms with Crippen molar-refractivity contribution in [3.8, 4) is 22.3 Å². The Kier molecular flexibility index (Phi) is 31.5. The Morgan fingerprint density at radius 3 is 1.22 bits per heavy atom. The molecular formula is C87H107N9O13. The first-order chi connectivity index (χ1) is 51.8. The van der Waals surface area contributed by atoms with Crippen molar-refractivity contribution in [2.75, 3.05) is 56.8 Å². The third kappa shape index (κ3) is 22.2. The summed E-state index contributed by atoms with van der Waals surface area (Å²) in [7, 11) is 0. The second-order valence-corrected chi connectivity index (χ2v) is 27.9. The monoisotopic (exact) mass is 1490 g/mol. The predicted octanol–water partition coefficient (Wildman–Crippen LogP) is 12.8. The van der Waals surface area contributed by atoms with Crippen molar-refractivity contribution in [1.82, 2.24) is 30.6 Å². The fraction of sp³-hybridized carbons (Fsp3) is 0.414. The van der Waals surface area contributed by atoms with Gasteiger partial charge in [0.2, 0.25) is 0 Å². The van der Waals surface area contributed by atoms with E-state index in [2.05, 4.69) is 41.2 Å². The number of pyridine rings is 4. The molecule has 2 atom stereocenters. The average molecular weight is 1490 g/mol. The molecule has 0 saturated heterocycles. The van der Waals surface area contributed by atoms with Crippen LogP contribution in [0.15, 0.2) is 122 Å². The number of aldehydes is 1. The van der Waals surface area contributed by atoms with E-state index < -0.39 is 24.0 Å². The van der Waals surface area contributed by atoms with Crippen LogP contribution in [0.1, 0.15) is 241 Å². The number of ketones is 2. The lowest BCUT2D eigenvalue weighted by Gasteiger charge is -2.17. The molecule has 0 unspecified atom stereocenters. The SMILES string of the molecule is C.C.CCOC(=O)[C@@H](CO)NCc1cnc(C(=O)Cc2cccc(-c3cccc(NC(=O)c4cc(C5CC5)c(C=O)cn4)c3C)c2C)cc1C1CC1.CCOC(=O)[C@@H](CO)NCc1cnc(C(=O)Cc2cccc(-c3cccc(NC(=O)c4cc(C5CC5)c(CCCCO)cn4)c3C)c2C)cc1C1CC1.NCCO. The molecular weight excluding hydrogens is 1380 g/mol. The van der Waals surface area contributed by atoms with Crippen LogP contribution < -0.4 is 27.0 Å². The van der Waals surface area contributed by atoms with Gasteiger partial charge in [0, 0.05) is 80.8 Å². The Bertz CT molecular complexity index is 4520. The van der Waals surface area contributed by atoms with E-state index in [4.69, 9.17) is 20.3 Å². The van der Waals surface area contributed by atoms with Gasteiger partial charge in [-0.3, -0.25) is 64.1 Å². The molecule has 22 nitrogen and oxygen atoms in total. The lowest BCUT2D eigenvalue weighted by molar-refractivity contribution is -0.147. The Morgan fingerprint density at radius 1 is 0.477 bits per heavy atom. The zero-order valence-corrected chi connectivity index (χ0v) is 62.0. The molecule has 578 valence electrons. The number of amides is 2. The van der Waals surface area contributed by atoms with Gasteiger partial charge in [-0.2, -0.15) is 0 Å². The van der Waals surface area contributed by atoms with Crippen molar-refractivity contribution in [3.63, 3.8) is 0 Å². The molecule has 0 spiro atoms. The maximum atomic E-state index is 13.7. The molecule has 8 aromatic rings. The molecule has 0 bridgehead atoms. The number of Topliss-reactive ketones (excluding diaryl/α,β-unsaturated/α-hetero) is 2. The lowest BCUT2D eigenvalue weighted by Crippen LogP contribution is -2.40. The summed E-state index contributed by atoms with van der Waals surface area (Å²) >= 11 is 0. The number of ether oxygens (including phenoxy) is 2. The van der Waals surface area contributed by atoms with Crippen LogP contribution in [0.25, 0.3) is 22.3 Å².